The molecule has 3 nitrogen and oxygen atoms in total. The summed E-state index contributed by atoms with van der Waals surface area (Å²) in [6.45, 7) is 0.429. The van der Waals surface area contributed by atoms with Gasteiger partial charge >= 0.3 is 0 Å². The first-order valence-electron chi connectivity index (χ1n) is 6.31. The molecule has 0 aliphatic heterocycles. The molecule has 0 radical (unpaired) electrons. The van der Waals surface area contributed by atoms with Crippen LogP contribution in [0.15, 0.2) is 48.5 Å². The fourth-order valence-corrected chi connectivity index (χ4v) is 1.93. The van der Waals surface area contributed by atoms with Crippen LogP contribution in [0.3, 0.4) is 0 Å². The molecule has 0 aliphatic rings. The molecule has 0 aromatic heterocycles. The number of hydrogen-bond acceptors (Lipinski definition) is 2. The van der Waals surface area contributed by atoms with E-state index < -0.39 is 0 Å². The van der Waals surface area contributed by atoms with Gasteiger partial charge in [0.1, 0.15) is 11.6 Å². The van der Waals surface area contributed by atoms with Gasteiger partial charge in [-0.05, 0) is 35.4 Å². The molecule has 2 aromatic rings. The Morgan fingerprint density at radius 3 is 2.50 bits per heavy atom. The van der Waals surface area contributed by atoms with Gasteiger partial charge in [-0.15, -0.1) is 0 Å². The van der Waals surface area contributed by atoms with Gasteiger partial charge in [0.15, 0.2) is 0 Å². The minimum Gasteiger partial charge on any atom is -0.508 e. The molecule has 0 bridgehead atoms. The zero-order valence-corrected chi connectivity index (χ0v) is 11.2. The summed E-state index contributed by atoms with van der Waals surface area (Å²) in [7, 11) is 1.70. The highest BCUT2D eigenvalue weighted by molar-refractivity contribution is 5.78. The smallest absolute Gasteiger partial charge is 0.227 e. The Kier molecular flexibility index (Phi) is 4.35. The maximum Gasteiger partial charge on any atom is 0.227 e. The highest BCUT2D eigenvalue weighted by Gasteiger charge is 2.10. The van der Waals surface area contributed by atoms with Gasteiger partial charge in [0.2, 0.25) is 5.91 Å². The molecule has 2 aromatic carbocycles. The number of nitrogens with zero attached hydrogens (tertiary/aromatic N) is 1. The summed E-state index contributed by atoms with van der Waals surface area (Å²) >= 11 is 0. The average molecular weight is 273 g/mol. The fraction of sp³-hybridized carbons (Fsp3) is 0.188. The molecule has 0 saturated heterocycles. The summed E-state index contributed by atoms with van der Waals surface area (Å²) in [6, 6.07) is 12.7. The van der Waals surface area contributed by atoms with Crippen molar-refractivity contribution in [1.82, 2.24) is 4.90 Å². The topological polar surface area (TPSA) is 40.5 Å². The lowest BCUT2D eigenvalue weighted by Crippen LogP contribution is -2.27. The van der Waals surface area contributed by atoms with Crippen LogP contribution >= 0.6 is 0 Å². The lowest BCUT2D eigenvalue weighted by molar-refractivity contribution is -0.129. The number of phenolic OH excluding ortho intramolecular Hbond substituents is 1. The first kappa shape index (κ1) is 14.1. The van der Waals surface area contributed by atoms with Gasteiger partial charge < -0.3 is 10.0 Å². The monoisotopic (exact) mass is 273 g/mol. The van der Waals surface area contributed by atoms with Crippen molar-refractivity contribution in [2.24, 2.45) is 0 Å². The standard InChI is InChI=1S/C16H16FNO2/c1-18(11-12-5-7-14(17)8-6-12)16(20)10-13-3-2-4-15(19)9-13/h2-9,19H,10-11H2,1H3. The number of aromatic hydroxyl groups is 1. The van der Waals surface area contributed by atoms with E-state index >= 15 is 0 Å². The summed E-state index contributed by atoms with van der Waals surface area (Å²) in [5.74, 6) is -0.195. The molecule has 0 unspecified atom stereocenters. The van der Waals surface area contributed by atoms with Crippen LogP contribution in [0.1, 0.15) is 11.1 Å². The summed E-state index contributed by atoms with van der Waals surface area (Å²) in [6.07, 6.45) is 0.228. The highest BCUT2D eigenvalue weighted by atomic mass is 19.1. The second-order valence-corrected chi connectivity index (χ2v) is 4.72. The molecule has 0 atom stereocenters. The quantitative estimate of drug-likeness (QED) is 0.930. The van der Waals surface area contributed by atoms with Gasteiger partial charge in [0.05, 0.1) is 6.42 Å². The van der Waals surface area contributed by atoms with E-state index in [1.54, 1.807) is 48.3 Å². The molecule has 4 heteroatoms. The van der Waals surface area contributed by atoms with E-state index in [2.05, 4.69) is 0 Å². The van der Waals surface area contributed by atoms with Crippen molar-refractivity contribution in [3.63, 3.8) is 0 Å². The van der Waals surface area contributed by atoms with E-state index in [0.717, 1.165) is 11.1 Å². The number of carbonyl (C=O) groups excluding carboxylic acids is 1. The van der Waals surface area contributed by atoms with Crippen molar-refractivity contribution in [3.05, 3.63) is 65.5 Å². The maximum absolute atomic E-state index is 12.8. The Balaban J connectivity index is 1.96. The molecule has 0 saturated carbocycles. The van der Waals surface area contributed by atoms with Crippen LogP contribution in [0.2, 0.25) is 0 Å². The van der Waals surface area contributed by atoms with Gasteiger partial charge in [-0.25, -0.2) is 4.39 Å². The minimum atomic E-state index is -0.289. The Bertz CT molecular complexity index is 596. The van der Waals surface area contributed by atoms with Crippen LogP contribution in [-0.4, -0.2) is 23.0 Å². The van der Waals surface area contributed by atoms with E-state index in [-0.39, 0.29) is 23.9 Å². The molecular formula is C16H16FNO2. The summed E-state index contributed by atoms with van der Waals surface area (Å²) in [4.78, 5) is 13.6. The normalized spacial score (nSPS) is 10.3. The second kappa shape index (κ2) is 6.19. The summed E-state index contributed by atoms with van der Waals surface area (Å²) in [5, 5.41) is 9.37. The Morgan fingerprint density at radius 2 is 1.85 bits per heavy atom. The number of rotatable bonds is 4. The van der Waals surface area contributed by atoms with Crippen molar-refractivity contribution >= 4 is 5.91 Å². The third-order valence-corrected chi connectivity index (χ3v) is 3.02. The number of halogens is 1. The van der Waals surface area contributed by atoms with E-state index in [0.29, 0.717) is 6.54 Å². The highest BCUT2D eigenvalue weighted by Crippen LogP contribution is 2.13. The van der Waals surface area contributed by atoms with Gasteiger partial charge in [-0.2, -0.15) is 0 Å². The summed E-state index contributed by atoms with van der Waals surface area (Å²) < 4.78 is 12.8. The number of carbonyl (C=O) groups is 1. The van der Waals surface area contributed by atoms with Gasteiger partial charge in [-0.3, -0.25) is 4.79 Å². The van der Waals surface area contributed by atoms with Crippen LogP contribution in [0.5, 0.6) is 5.75 Å². The molecule has 0 fully saturated rings. The molecule has 0 spiro atoms. The van der Waals surface area contributed by atoms with Crippen molar-refractivity contribution in [3.8, 4) is 5.75 Å². The van der Waals surface area contributed by atoms with Gasteiger partial charge in [0.25, 0.3) is 0 Å². The Labute approximate surface area is 117 Å². The molecule has 0 heterocycles. The predicted octanol–water partition coefficient (Wildman–Crippen LogP) is 2.73. The predicted molar refractivity (Wildman–Crippen MR) is 74.7 cm³/mol. The van der Waals surface area contributed by atoms with Crippen molar-refractivity contribution in [1.29, 1.82) is 0 Å². The number of amides is 1. The van der Waals surface area contributed by atoms with Crippen LogP contribution in [-0.2, 0) is 17.8 Å². The zero-order valence-electron chi connectivity index (χ0n) is 11.2. The SMILES string of the molecule is CN(Cc1ccc(F)cc1)C(=O)Cc1cccc(O)c1. The van der Waals surface area contributed by atoms with Crippen molar-refractivity contribution in [2.75, 3.05) is 7.05 Å². The molecule has 0 aliphatic carbocycles. The number of hydrogen-bond donors (Lipinski definition) is 1. The molecular weight excluding hydrogens is 257 g/mol. The lowest BCUT2D eigenvalue weighted by atomic mass is 10.1. The van der Waals surface area contributed by atoms with Crippen LogP contribution in [0, 0.1) is 5.82 Å². The number of phenols is 1. The number of benzene rings is 2. The Hall–Kier alpha value is -2.36. The second-order valence-electron chi connectivity index (χ2n) is 4.72. The van der Waals surface area contributed by atoms with E-state index in [4.69, 9.17) is 0 Å². The molecule has 1 N–H and O–H groups in total. The average Bonchev–Trinajstić information content (AvgIpc) is 2.41. The Morgan fingerprint density at radius 1 is 1.15 bits per heavy atom. The fourth-order valence-electron chi connectivity index (χ4n) is 1.93. The molecule has 1 amide bonds. The van der Waals surface area contributed by atoms with Gasteiger partial charge in [0, 0.05) is 13.6 Å². The summed E-state index contributed by atoms with van der Waals surface area (Å²) in [5.41, 5.74) is 1.64. The van der Waals surface area contributed by atoms with E-state index in [9.17, 15) is 14.3 Å². The first-order valence-corrected chi connectivity index (χ1v) is 6.31. The van der Waals surface area contributed by atoms with Crippen LogP contribution < -0.4 is 0 Å². The van der Waals surface area contributed by atoms with Crippen LogP contribution in [0.4, 0.5) is 4.39 Å². The zero-order chi connectivity index (χ0) is 14.5. The lowest BCUT2D eigenvalue weighted by Gasteiger charge is -2.17. The molecule has 2 rings (SSSR count). The number of likely N-dealkylation sites (N-methyl/N-ethyl adjacent to an activating group) is 1. The molecule has 20 heavy (non-hydrogen) atoms. The largest absolute Gasteiger partial charge is 0.508 e. The minimum absolute atomic E-state index is 0.0556. The third-order valence-electron chi connectivity index (χ3n) is 3.02. The van der Waals surface area contributed by atoms with Crippen molar-refractivity contribution in [2.45, 2.75) is 13.0 Å². The maximum atomic E-state index is 12.8. The third kappa shape index (κ3) is 3.82. The van der Waals surface area contributed by atoms with E-state index in [1.165, 1.54) is 12.1 Å². The van der Waals surface area contributed by atoms with E-state index in [1.807, 2.05) is 0 Å². The van der Waals surface area contributed by atoms with Crippen molar-refractivity contribution < 1.29 is 14.3 Å². The van der Waals surface area contributed by atoms with Crippen LogP contribution in [0.25, 0.3) is 0 Å². The van der Waals surface area contributed by atoms with Gasteiger partial charge in [-0.1, -0.05) is 24.3 Å². The first-order chi connectivity index (χ1) is 9.54. The molecule has 104 valence electrons.